The minimum absolute atomic E-state index is 0.943. The summed E-state index contributed by atoms with van der Waals surface area (Å²) in [5.74, 6) is 0. The van der Waals surface area contributed by atoms with E-state index in [2.05, 4.69) is 127 Å². The van der Waals surface area contributed by atoms with Crippen LogP contribution in [0.5, 0.6) is 0 Å². The van der Waals surface area contributed by atoms with E-state index in [9.17, 15) is 4.89 Å². The van der Waals surface area contributed by atoms with Gasteiger partial charge in [0.2, 0.25) is 7.49 Å². The fourth-order valence-corrected chi connectivity index (χ4v) is 9.50. The van der Waals surface area contributed by atoms with Crippen LogP contribution in [-0.2, 0) is 0 Å². The van der Waals surface area contributed by atoms with Gasteiger partial charge in [-0.05, 0) is 97.4 Å². The van der Waals surface area contributed by atoms with Gasteiger partial charge in [-0.3, -0.25) is 0 Å². The van der Waals surface area contributed by atoms with Gasteiger partial charge in [0.05, 0.1) is 0 Å². The van der Waals surface area contributed by atoms with Crippen LogP contribution in [0.4, 0.5) is 0 Å². The first kappa shape index (κ1) is 28.2. The predicted molar refractivity (Wildman–Crippen MR) is 199 cm³/mol. The largest absolute Gasteiger partial charge is 0.238 e. The minimum atomic E-state index is -2.78. The molecular weight excluding hydrogens is 575 g/mol. The summed E-state index contributed by atoms with van der Waals surface area (Å²) in [5.41, 5.74) is 7.20. The van der Waals surface area contributed by atoms with Crippen LogP contribution in [0.1, 0.15) is 0 Å². The van der Waals surface area contributed by atoms with Crippen molar-refractivity contribution in [3.8, 4) is 33.4 Å². The van der Waals surface area contributed by atoms with Crippen molar-refractivity contribution in [2.24, 2.45) is 0 Å². The Morgan fingerprint density at radius 3 is 1.15 bits per heavy atom. The zero-order valence-corrected chi connectivity index (χ0v) is 26.2. The van der Waals surface area contributed by atoms with Crippen molar-refractivity contribution in [3.63, 3.8) is 0 Å². The summed E-state index contributed by atoms with van der Waals surface area (Å²) in [6.45, 7) is 0. The molecule has 46 heavy (non-hydrogen) atoms. The van der Waals surface area contributed by atoms with E-state index in [0.717, 1.165) is 27.0 Å². The highest BCUT2D eigenvalue weighted by atomic mass is 31.2. The summed E-state index contributed by atoms with van der Waals surface area (Å²) in [7, 11) is -2.78. The molecule has 0 amide bonds. The molecule has 0 radical (unpaired) electrons. The van der Waals surface area contributed by atoms with Crippen molar-refractivity contribution in [2.75, 3.05) is 0 Å². The van der Waals surface area contributed by atoms with E-state index in [1.807, 2.05) is 60.7 Å². The second-order valence-corrected chi connectivity index (χ2v) is 14.5. The molecule has 0 spiro atoms. The van der Waals surface area contributed by atoms with Gasteiger partial charge in [0.15, 0.2) is 0 Å². The Labute approximate surface area is 270 Å². The first-order valence-corrected chi connectivity index (χ1v) is 17.4. The van der Waals surface area contributed by atoms with Crippen LogP contribution in [0, 0.1) is 0 Å². The van der Waals surface area contributed by atoms with Gasteiger partial charge >= 0.3 is 0 Å². The van der Waals surface area contributed by atoms with E-state index in [0.29, 0.717) is 0 Å². The fraction of sp³-hybridized carbons (Fsp3) is 0. The highest BCUT2D eigenvalue weighted by Gasteiger charge is 2.44. The van der Waals surface area contributed by atoms with Gasteiger partial charge in [-0.1, -0.05) is 146 Å². The molecule has 8 aromatic rings. The van der Waals surface area contributed by atoms with Crippen LogP contribution in [-0.4, -0.2) is 4.89 Å². The molecule has 0 saturated heterocycles. The topological polar surface area (TPSA) is 20.2 Å². The molecule has 0 aliphatic carbocycles. The van der Waals surface area contributed by atoms with Crippen molar-refractivity contribution >= 4 is 44.9 Å². The Bertz CT molecular complexity index is 2200. The summed E-state index contributed by atoms with van der Waals surface area (Å²) in [5, 5.41) is 7.84. The first-order chi connectivity index (χ1) is 22.7. The molecule has 0 aliphatic rings. The molecule has 8 aromatic carbocycles. The highest BCUT2D eigenvalue weighted by molar-refractivity contribution is 7.91. The summed E-state index contributed by atoms with van der Waals surface area (Å²) in [4.78, 5) is 12.4. The molecular formula is C44H32OP+. The van der Waals surface area contributed by atoms with Crippen molar-refractivity contribution in [2.45, 2.75) is 0 Å². The monoisotopic (exact) mass is 607 g/mol. The van der Waals surface area contributed by atoms with Gasteiger partial charge in [0.25, 0.3) is 0 Å². The third-order valence-electron chi connectivity index (χ3n) is 8.98. The molecule has 0 atom stereocenters. The molecule has 0 saturated carbocycles. The highest BCUT2D eigenvalue weighted by Crippen LogP contribution is 2.51. The standard InChI is InChI=1S/C44H32OP/c45-46(36-19-6-2-7-20-36,37-21-8-3-9-22-37)38-29-27-32(28-30-38)34-17-14-18-35(31-34)44-41-25-12-10-23-39(41)43(33-15-4-1-5-16-33)40-24-11-13-26-42(40)44/h1-31,45H/q+1. The smallest absolute Gasteiger partial charge is 0.235 e. The zero-order valence-electron chi connectivity index (χ0n) is 25.3. The Morgan fingerprint density at radius 1 is 0.283 bits per heavy atom. The summed E-state index contributed by atoms with van der Waals surface area (Å²) in [6, 6.07) is 65.8. The van der Waals surface area contributed by atoms with Gasteiger partial charge < -0.3 is 0 Å². The molecule has 0 aromatic heterocycles. The maximum Gasteiger partial charge on any atom is 0.238 e. The van der Waals surface area contributed by atoms with Crippen LogP contribution >= 0.6 is 7.49 Å². The Balaban J connectivity index is 1.26. The zero-order chi connectivity index (χ0) is 30.9. The van der Waals surface area contributed by atoms with E-state index >= 15 is 0 Å². The van der Waals surface area contributed by atoms with Gasteiger partial charge in [-0.25, -0.2) is 4.89 Å². The molecule has 0 aliphatic heterocycles. The van der Waals surface area contributed by atoms with Gasteiger partial charge in [0, 0.05) is 0 Å². The summed E-state index contributed by atoms with van der Waals surface area (Å²) < 4.78 is 0. The lowest BCUT2D eigenvalue weighted by Gasteiger charge is -2.20. The number of hydrogen-bond acceptors (Lipinski definition) is 1. The van der Waals surface area contributed by atoms with Crippen molar-refractivity contribution in [1.82, 2.24) is 0 Å². The Kier molecular flexibility index (Phi) is 7.27. The third kappa shape index (κ3) is 4.82. The maximum atomic E-state index is 12.4. The fourth-order valence-electron chi connectivity index (χ4n) is 6.81. The van der Waals surface area contributed by atoms with E-state index in [-0.39, 0.29) is 0 Å². The Morgan fingerprint density at radius 2 is 0.652 bits per heavy atom. The molecule has 0 heterocycles. The van der Waals surface area contributed by atoms with Crippen molar-refractivity contribution < 1.29 is 4.89 Å². The molecule has 0 fully saturated rings. The van der Waals surface area contributed by atoms with Crippen LogP contribution in [0.2, 0.25) is 0 Å². The van der Waals surface area contributed by atoms with Crippen LogP contribution in [0.25, 0.3) is 54.9 Å². The molecule has 0 unspecified atom stereocenters. The molecule has 0 bridgehead atoms. The normalized spacial score (nSPS) is 11.6. The molecule has 1 nitrogen and oxygen atoms in total. The second kappa shape index (κ2) is 11.9. The lowest BCUT2D eigenvalue weighted by molar-refractivity contribution is 0.633. The number of benzene rings is 8. The maximum absolute atomic E-state index is 12.4. The van der Waals surface area contributed by atoms with E-state index in [4.69, 9.17) is 0 Å². The predicted octanol–water partition coefficient (Wildman–Crippen LogP) is 10.2. The summed E-state index contributed by atoms with van der Waals surface area (Å²) >= 11 is 0. The van der Waals surface area contributed by atoms with E-state index < -0.39 is 7.49 Å². The lowest BCUT2D eigenvalue weighted by atomic mass is 9.85. The van der Waals surface area contributed by atoms with Gasteiger partial charge in [-0.2, -0.15) is 0 Å². The SMILES string of the molecule is O[P+](c1ccccc1)(c1ccccc1)c1ccc(-c2cccc(-c3c4ccccc4c(-c4ccccc4)c4ccccc34)c2)cc1. The summed E-state index contributed by atoms with van der Waals surface area (Å²) in [6.07, 6.45) is 0. The number of fused-ring (bicyclic) bond motifs is 2. The Hall–Kier alpha value is -5.33. The molecule has 218 valence electrons. The van der Waals surface area contributed by atoms with Crippen molar-refractivity contribution in [1.29, 1.82) is 0 Å². The van der Waals surface area contributed by atoms with E-state index in [1.165, 1.54) is 43.8 Å². The van der Waals surface area contributed by atoms with Crippen LogP contribution < -0.4 is 15.9 Å². The van der Waals surface area contributed by atoms with Gasteiger partial charge in [0.1, 0.15) is 15.9 Å². The number of hydrogen-bond donors (Lipinski definition) is 1. The molecule has 2 heteroatoms. The number of rotatable bonds is 6. The lowest BCUT2D eigenvalue weighted by Crippen LogP contribution is -2.30. The van der Waals surface area contributed by atoms with E-state index in [1.54, 1.807) is 0 Å². The quantitative estimate of drug-likeness (QED) is 0.147. The van der Waals surface area contributed by atoms with Crippen LogP contribution in [0.15, 0.2) is 188 Å². The average molecular weight is 608 g/mol. The minimum Gasteiger partial charge on any atom is -0.235 e. The molecule has 8 rings (SSSR count). The first-order valence-electron chi connectivity index (χ1n) is 15.7. The van der Waals surface area contributed by atoms with Gasteiger partial charge in [-0.15, -0.1) is 0 Å². The molecule has 1 N–H and O–H groups in total. The van der Waals surface area contributed by atoms with Crippen molar-refractivity contribution in [3.05, 3.63) is 188 Å². The van der Waals surface area contributed by atoms with Crippen LogP contribution in [0.3, 0.4) is 0 Å². The second-order valence-electron chi connectivity index (χ2n) is 11.6. The average Bonchev–Trinajstić information content (AvgIpc) is 3.14. The third-order valence-corrected chi connectivity index (χ3v) is 12.1.